The topological polar surface area (TPSA) is 49.9 Å². The summed E-state index contributed by atoms with van der Waals surface area (Å²) >= 11 is 0. The normalized spacial score (nSPS) is 22.9. The molecule has 160 valence electrons. The van der Waals surface area contributed by atoms with Crippen LogP contribution in [0.4, 0.5) is 18.0 Å². The van der Waals surface area contributed by atoms with Gasteiger partial charge in [0.25, 0.3) is 0 Å². The van der Waals surface area contributed by atoms with Gasteiger partial charge in [0.05, 0.1) is 6.04 Å². The highest BCUT2D eigenvalue weighted by molar-refractivity contribution is 5.82. The van der Waals surface area contributed by atoms with Crippen LogP contribution in [0.2, 0.25) is 0 Å². The zero-order chi connectivity index (χ0) is 21.4. The maximum absolute atomic E-state index is 13.2. The van der Waals surface area contributed by atoms with Crippen molar-refractivity contribution in [3.63, 3.8) is 0 Å². The summed E-state index contributed by atoms with van der Waals surface area (Å²) in [6.45, 7) is 5.29. The Morgan fingerprint density at radius 3 is 2.17 bits per heavy atom. The minimum Gasteiger partial charge on any atom is -0.444 e. The minimum atomic E-state index is -4.93. The van der Waals surface area contributed by atoms with E-state index in [1.165, 1.54) is 0 Å². The van der Waals surface area contributed by atoms with Gasteiger partial charge in [0, 0.05) is 18.6 Å². The molecule has 1 unspecified atom stereocenters. The Bertz CT molecular complexity index is 742. The van der Waals surface area contributed by atoms with Crippen LogP contribution in [0.15, 0.2) is 30.3 Å². The smallest absolute Gasteiger partial charge is 0.444 e. The van der Waals surface area contributed by atoms with Crippen LogP contribution in [0.3, 0.4) is 0 Å². The maximum Gasteiger partial charge on any atom is 0.471 e. The largest absolute Gasteiger partial charge is 0.471 e. The van der Waals surface area contributed by atoms with Gasteiger partial charge in [-0.1, -0.05) is 30.3 Å². The molecule has 5 nitrogen and oxygen atoms in total. The van der Waals surface area contributed by atoms with Crippen LogP contribution >= 0.6 is 0 Å². The highest BCUT2D eigenvalue weighted by Gasteiger charge is 2.49. The van der Waals surface area contributed by atoms with E-state index in [4.69, 9.17) is 4.74 Å². The number of rotatable bonds is 3. The van der Waals surface area contributed by atoms with Crippen molar-refractivity contribution >= 4 is 12.0 Å². The molecule has 2 fully saturated rings. The molecule has 8 heteroatoms. The van der Waals surface area contributed by atoms with E-state index in [1.54, 1.807) is 56.0 Å². The summed E-state index contributed by atoms with van der Waals surface area (Å²) in [5, 5.41) is 0. The molecule has 1 saturated carbocycles. The summed E-state index contributed by atoms with van der Waals surface area (Å²) in [5.74, 6) is -1.83. The quantitative estimate of drug-likeness (QED) is 0.724. The highest BCUT2D eigenvalue weighted by Crippen LogP contribution is 2.40. The van der Waals surface area contributed by atoms with Crippen LogP contribution in [0.5, 0.6) is 0 Å². The number of benzene rings is 1. The lowest BCUT2D eigenvalue weighted by Crippen LogP contribution is -2.53. The Morgan fingerprint density at radius 2 is 1.66 bits per heavy atom. The molecule has 1 heterocycles. The van der Waals surface area contributed by atoms with Gasteiger partial charge in [-0.05, 0) is 52.0 Å². The van der Waals surface area contributed by atoms with Gasteiger partial charge in [0.2, 0.25) is 0 Å². The molecule has 1 saturated heterocycles. The predicted molar refractivity (Wildman–Crippen MR) is 101 cm³/mol. The molecule has 2 atom stereocenters. The van der Waals surface area contributed by atoms with E-state index in [2.05, 4.69) is 0 Å². The van der Waals surface area contributed by atoms with Crippen molar-refractivity contribution in [3.05, 3.63) is 35.9 Å². The second kappa shape index (κ2) is 7.88. The number of nitrogens with zero attached hydrogens (tertiary/aromatic N) is 2. The standard InChI is InChI=1S/C21H27F3N2O3/c1-20(2,3)29-19(28)26(15-9-10-15)16-11-12-25(18(27)21(22,23)24)17(13-16)14-7-5-4-6-8-14/h4-8,15-17H,9-13H2,1-3H3/t16?,17-/m0/s1. The summed E-state index contributed by atoms with van der Waals surface area (Å²) < 4.78 is 45.0. The fourth-order valence-corrected chi connectivity index (χ4v) is 3.86. The fraction of sp³-hybridized carbons (Fsp3) is 0.619. The summed E-state index contributed by atoms with van der Waals surface area (Å²) in [6.07, 6.45) is -3.11. The number of alkyl halides is 3. The zero-order valence-corrected chi connectivity index (χ0v) is 16.9. The molecule has 0 bridgehead atoms. The number of ether oxygens (including phenoxy) is 1. The van der Waals surface area contributed by atoms with Crippen molar-refractivity contribution in [3.8, 4) is 0 Å². The van der Waals surface area contributed by atoms with Gasteiger partial charge in [0.15, 0.2) is 0 Å². The monoisotopic (exact) mass is 412 g/mol. The van der Waals surface area contributed by atoms with Gasteiger partial charge in [0.1, 0.15) is 5.60 Å². The zero-order valence-electron chi connectivity index (χ0n) is 16.9. The molecule has 29 heavy (non-hydrogen) atoms. The Labute approximate surface area is 168 Å². The van der Waals surface area contributed by atoms with Gasteiger partial charge in [-0.25, -0.2) is 4.79 Å². The lowest BCUT2D eigenvalue weighted by Gasteiger charge is -2.44. The van der Waals surface area contributed by atoms with Crippen molar-refractivity contribution in [1.29, 1.82) is 0 Å². The van der Waals surface area contributed by atoms with Crippen LogP contribution < -0.4 is 0 Å². The number of amides is 2. The average Bonchev–Trinajstić information content (AvgIpc) is 3.44. The Kier molecular flexibility index (Phi) is 5.83. The molecule has 3 rings (SSSR count). The van der Waals surface area contributed by atoms with Crippen molar-refractivity contribution in [2.75, 3.05) is 6.54 Å². The summed E-state index contributed by atoms with van der Waals surface area (Å²) in [4.78, 5) is 27.4. The van der Waals surface area contributed by atoms with E-state index in [-0.39, 0.29) is 25.0 Å². The lowest BCUT2D eigenvalue weighted by molar-refractivity contribution is -0.190. The van der Waals surface area contributed by atoms with Crippen molar-refractivity contribution in [2.24, 2.45) is 0 Å². The highest BCUT2D eigenvalue weighted by atomic mass is 19.4. The van der Waals surface area contributed by atoms with E-state index in [0.29, 0.717) is 12.0 Å². The van der Waals surface area contributed by atoms with E-state index in [9.17, 15) is 22.8 Å². The predicted octanol–water partition coefficient (Wildman–Crippen LogP) is 4.68. The second-order valence-electron chi connectivity index (χ2n) is 8.72. The van der Waals surface area contributed by atoms with Gasteiger partial charge >= 0.3 is 18.2 Å². The van der Waals surface area contributed by atoms with Gasteiger partial charge in [-0.2, -0.15) is 13.2 Å². The van der Waals surface area contributed by atoms with E-state index in [0.717, 1.165) is 17.7 Å². The molecule has 1 aromatic carbocycles. The molecule has 0 radical (unpaired) electrons. The molecular weight excluding hydrogens is 385 g/mol. The first kappa shape index (κ1) is 21.5. The fourth-order valence-electron chi connectivity index (χ4n) is 3.86. The third-order valence-electron chi connectivity index (χ3n) is 5.20. The lowest BCUT2D eigenvalue weighted by atomic mass is 9.90. The molecule has 2 aliphatic rings. The summed E-state index contributed by atoms with van der Waals surface area (Å²) in [7, 11) is 0. The Morgan fingerprint density at radius 1 is 1.03 bits per heavy atom. The van der Waals surface area contributed by atoms with Gasteiger partial charge < -0.3 is 14.5 Å². The molecule has 1 aromatic rings. The molecule has 0 aromatic heterocycles. The van der Waals surface area contributed by atoms with Gasteiger partial charge in [-0.15, -0.1) is 0 Å². The van der Waals surface area contributed by atoms with Crippen LogP contribution in [-0.2, 0) is 9.53 Å². The SMILES string of the molecule is CC(C)(C)OC(=O)N(C1CC1)C1CCN(C(=O)C(F)(F)F)[C@H](c2ccccc2)C1. The summed E-state index contributed by atoms with van der Waals surface area (Å²) in [5.41, 5.74) is -0.0227. The van der Waals surface area contributed by atoms with Crippen LogP contribution in [0.1, 0.15) is 58.1 Å². The molecule has 0 N–H and O–H groups in total. The Hall–Kier alpha value is -2.25. The summed E-state index contributed by atoms with van der Waals surface area (Å²) in [6, 6.07) is 7.72. The van der Waals surface area contributed by atoms with Crippen molar-refractivity contribution in [2.45, 2.75) is 76.4 Å². The maximum atomic E-state index is 13.2. The van der Waals surface area contributed by atoms with Crippen molar-refractivity contribution in [1.82, 2.24) is 9.80 Å². The first-order valence-electron chi connectivity index (χ1n) is 9.91. The van der Waals surface area contributed by atoms with Gasteiger partial charge in [-0.3, -0.25) is 4.79 Å². The minimum absolute atomic E-state index is 0.0520. The second-order valence-corrected chi connectivity index (χ2v) is 8.72. The number of piperidine rings is 1. The first-order chi connectivity index (χ1) is 13.5. The first-order valence-corrected chi connectivity index (χ1v) is 9.91. The van der Waals surface area contributed by atoms with Crippen molar-refractivity contribution < 1.29 is 27.5 Å². The number of carbonyl (C=O) groups excluding carboxylic acids is 2. The van der Waals surface area contributed by atoms with E-state index in [1.807, 2.05) is 0 Å². The number of halogens is 3. The third-order valence-corrected chi connectivity index (χ3v) is 5.20. The van der Waals surface area contributed by atoms with Crippen LogP contribution in [-0.4, -0.2) is 52.2 Å². The van der Waals surface area contributed by atoms with Crippen LogP contribution in [0, 0.1) is 0 Å². The van der Waals surface area contributed by atoms with E-state index < -0.39 is 29.8 Å². The van der Waals surface area contributed by atoms with Crippen LogP contribution in [0.25, 0.3) is 0 Å². The molecule has 0 spiro atoms. The number of hydrogen-bond acceptors (Lipinski definition) is 3. The molecular formula is C21H27F3N2O3. The number of hydrogen-bond donors (Lipinski definition) is 0. The molecule has 1 aliphatic carbocycles. The third kappa shape index (κ3) is 5.22. The average molecular weight is 412 g/mol. The number of carbonyl (C=O) groups is 2. The molecule has 2 amide bonds. The molecule has 1 aliphatic heterocycles. The van der Waals surface area contributed by atoms with E-state index >= 15 is 0 Å². The number of likely N-dealkylation sites (tertiary alicyclic amines) is 1. The Balaban J connectivity index is 1.86.